The summed E-state index contributed by atoms with van der Waals surface area (Å²) < 4.78 is 11.0. The number of aryl methyl sites for hydroxylation is 1. The van der Waals surface area contributed by atoms with E-state index in [2.05, 4.69) is 0 Å². The first-order valence-corrected chi connectivity index (χ1v) is 6.91. The highest BCUT2D eigenvalue weighted by Gasteiger charge is 2.13. The number of carbonyl (C=O) groups excluding carboxylic acids is 1. The molecular weight excluding hydrogens is 242 g/mol. The van der Waals surface area contributed by atoms with Gasteiger partial charge < -0.3 is 14.4 Å². The van der Waals surface area contributed by atoms with E-state index in [-0.39, 0.29) is 5.91 Å². The summed E-state index contributed by atoms with van der Waals surface area (Å²) in [5, 5.41) is 0. The molecule has 0 bridgehead atoms. The molecule has 0 unspecified atom stereocenters. The Balaban J connectivity index is 1.94. The van der Waals surface area contributed by atoms with Crippen LogP contribution in [0.4, 0.5) is 0 Å². The molecule has 4 heteroatoms. The molecule has 1 aromatic carbocycles. The average molecular weight is 263 g/mol. The lowest BCUT2D eigenvalue weighted by Crippen LogP contribution is -2.30. The Kier molecular flexibility index (Phi) is 4.66. The SMILES string of the molecule is CCN(CC)C(=O)CCc1ccc2c(c1)OCCO2. The van der Waals surface area contributed by atoms with Crippen molar-refractivity contribution in [2.24, 2.45) is 0 Å². The number of ether oxygens (including phenoxy) is 2. The van der Waals surface area contributed by atoms with Gasteiger partial charge in [0, 0.05) is 19.5 Å². The maximum atomic E-state index is 11.9. The lowest BCUT2D eigenvalue weighted by molar-refractivity contribution is -0.130. The van der Waals surface area contributed by atoms with Crippen molar-refractivity contribution in [1.82, 2.24) is 4.90 Å². The molecule has 4 nitrogen and oxygen atoms in total. The molecule has 0 aliphatic carbocycles. The van der Waals surface area contributed by atoms with Crippen LogP contribution in [0.1, 0.15) is 25.8 Å². The number of hydrogen-bond donors (Lipinski definition) is 0. The van der Waals surface area contributed by atoms with Crippen LogP contribution in [0.25, 0.3) is 0 Å². The summed E-state index contributed by atoms with van der Waals surface area (Å²) in [5.41, 5.74) is 1.12. The first-order valence-electron chi connectivity index (χ1n) is 6.91. The number of amides is 1. The molecule has 0 N–H and O–H groups in total. The Bertz CT molecular complexity index is 441. The molecule has 2 rings (SSSR count). The number of carbonyl (C=O) groups is 1. The Morgan fingerprint density at radius 1 is 1.16 bits per heavy atom. The summed E-state index contributed by atoms with van der Waals surface area (Å²) in [7, 11) is 0. The molecular formula is C15H21NO3. The molecule has 0 atom stereocenters. The fourth-order valence-electron chi connectivity index (χ4n) is 2.23. The van der Waals surface area contributed by atoms with Crippen molar-refractivity contribution in [3.05, 3.63) is 23.8 Å². The summed E-state index contributed by atoms with van der Waals surface area (Å²) in [5.74, 6) is 1.80. The van der Waals surface area contributed by atoms with Crippen LogP contribution in [0.15, 0.2) is 18.2 Å². The fraction of sp³-hybridized carbons (Fsp3) is 0.533. The van der Waals surface area contributed by atoms with Crippen LogP contribution in [-0.4, -0.2) is 37.1 Å². The summed E-state index contributed by atoms with van der Waals surface area (Å²) in [4.78, 5) is 13.8. The molecule has 0 saturated carbocycles. The highest BCUT2D eigenvalue weighted by molar-refractivity contribution is 5.76. The third-order valence-corrected chi connectivity index (χ3v) is 3.35. The monoisotopic (exact) mass is 263 g/mol. The van der Waals surface area contributed by atoms with Gasteiger partial charge in [-0.25, -0.2) is 0 Å². The Morgan fingerprint density at radius 2 is 1.84 bits per heavy atom. The zero-order chi connectivity index (χ0) is 13.7. The van der Waals surface area contributed by atoms with Crippen molar-refractivity contribution in [3.8, 4) is 11.5 Å². The van der Waals surface area contributed by atoms with Gasteiger partial charge in [0.2, 0.25) is 5.91 Å². The predicted molar refractivity (Wildman–Crippen MR) is 73.7 cm³/mol. The van der Waals surface area contributed by atoms with Gasteiger partial charge in [0.1, 0.15) is 13.2 Å². The lowest BCUT2D eigenvalue weighted by atomic mass is 10.1. The van der Waals surface area contributed by atoms with Crippen LogP contribution in [0.3, 0.4) is 0 Å². The Morgan fingerprint density at radius 3 is 2.53 bits per heavy atom. The van der Waals surface area contributed by atoms with Crippen LogP contribution in [-0.2, 0) is 11.2 Å². The Hall–Kier alpha value is -1.71. The molecule has 1 aliphatic heterocycles. The second-order valence-electron chi connectivity index (χ2n) is 4.54. The minimum Gasteiger partial charge on any atom is -0.486 e. The fourth-order valence-corrected chi connectivity index (χ4v) is 2.23. The normalized spacial score (nSPS) is 13.2. The van der Waals surface area contributed by atoms with Crippen LogP contribution in [0.5, 0.6) is 11.5 Å². The van der Waals surface area contributed by atoms with E-state index in [1.165, 1.54) is 0 Å². The van der Waals surface area contributed by atoms with Gasteiger partial charge in [0.05, 0.1) is 0 Å². The zero-order valence-electron chi connectivity index (χ0n) is 11.6. The van der Waals surface area contributed by atoms with E-state index in [0.29, 0.717) is 19.6 Å². The van der Waals surface area contributed by atoms with Gasteiger partial charge in [0.25, 0.3) is 0 Å². The van der Waals surface area contributed by atoms with Gasteiger partial charge in [-0.2, -0.15) is 0 Å². The van der Waals surface area contributed by atoms with E-state index in [9.17, 15) is 4.79 Å². The first-order chi connectivity index (χ1) is 9.24. The molecule has 1 aromatic rings. The standard InChI is InChI=1S/C15H21NO3/c1-3-16(4-2)15(17)8-6-12-5-7-13-14(11-12)19-10-9-18-13/h5,7,11H,3-4,6,8-10H2,1-2H3. The predicted octanol–water partition coefficient (Wildman–Crippen LogP) is 2.26. The molecule has 19 heavy (non-hydrogen) atoms. The minimum absolute atomic E-state index is 0.208. The highest BCUT2D eigenvalue weighted by atomic mass is 16.6. The average Bonchev–Trinajstić information content (AvgIpc) is 2.46. The van der Waals surface area contributed by atoms with E-state index in [1.54, 1.807) is 0 Å². The van der Waals surface area contributed by atoms with E-state index >= 15 is 0 Å². The number of fused-ring (bicyclic) bond motifs is 1. The molecule has 1 aliphatic rings. The zero-order valence-corrected chi connectivity index (χ0v) is 11.6. The summed E-state index contributed by atoms with van der Waals surface area (Å²) in [6.07, 6.45) is 1.29. The smallest absolute Gasteiger partial charge is 0.222 e. The minimum atomic E-state index is 0.208. The van der Waals surface area contributed by atoms with Gasteiger partial charge in [-0.3, -0.25) is 4.79 Å². The van der Waals surface area contributed by atoms with Gasteiger partial charge in [-0.1, -0.05) is 6.07 Å². The second-order valence-corrected chi connectivity index (χ2v) is 4.54. The van der Waals surface area contributed by atoms with Gasteiger partial charge in [-0.05, 0) is 38.0 Å². The molecule has 0 radical (unpaired) electrons. The van der Waals surface area contributed by atoms with Crippen molar-refractivity contribution >= 4 is 5.91 Å². The molecule has 0 fully saturated rings. The van der Waals surface area contributed by atoms with Gasteiger partial charge in [-0.15, -0.1) is 0 Å². The third kappa shape index (κ3) is 3.40. The second kappa shape index (κ2) is 6.45. The van der Waals surface area contributed by atoms with E-state index < -0.39 is 0 Å². The molecule has 104 valence electrons. The summed E-state index contributed by atoms with van der Waals surface area (Å²) in [6, 6.07) is 5.90. The van der Waals surface area contributed by atoms with Crippen molar-refractivity contribution in [2.45, 2.75) is 26.7 Å². The van der Waals surface area contributed by atoms with E-state index in [4.69, 9.17) is 9.47 Å². The van der Waals surface area contributed by atoms with Crippen LogP contribution in [0, 0.1) is 0 Å². The number of hydrogen-bond acceptors (Lipinski definition) is 3. The van der Waals surface area contributed by atoms with Crippen LogP contribution >= 0.6 is 0 Å². The van der Waals surface area contributed by atoms with E-state index in [1.807, 2.05) is 36.9 Å². The maximum Gasteiger partial charge on any atom is 0.222 e. The molecule has 0 saturated heterocycles. The highest BCUT2D eigenvalue weighted by Crippen LogP contribution is 2.31. The van der Waals surface area contributed by atoms with Crippen molar-refractivity contribution in [3.63, 3.8) is 0 Å². The first kappa shape index (κ1) is 13.7. The van der Waals surface area contributed by atoms with Crippen molar-refractivity contribution in [2.75, 3.05) is 26.3 Å². The molecule has 1 amide bonds. The number of nitrogens with zero attached hydrogens (tertiary/aromatic N) is 1. The van der Waals surface area contributed by atoms with Gasteiger partial charge in [0.15, 0.2) is 11.5 Å². The van der Waals surface area contributed by atoms with E-state index in [0.717, 1.165) is 36.6 Å². The van der Waals surface area contributed by atoms with Crippen molar-refractivity contribution < 1.29 is 14.3 Å². The molecule has 1 heterocycles. The van der Waals surface area contributed by atoms with Crippen molar-refractivity contribution in [1.29, 1.82) is 0 Å². The topological polar surface area (TPSA) is 38.8 Å². The molecule has 0 aromatic heterocycles. The lowest BCUT2D eigenvalue weighted by Gasteiger charge is -2.20. The molecule has 0 spiro atoms. The quantitative estimate of drug-likeness (QED) is 0.818. The number of rotatable bonds is 5. The Labute approximate surface area is 114 Å². The summed E-state index contributed by atoms with van der Waals surface area (Å²) >= 11 is 0. The van der Waals surface area contributed by atoms with Gasteiger partial charge >= 0.3 is 0 Å². The van der Waals surface area contributed by atoms with Crippen LogP contribution in [0.2, 0.25) is 0 Å². The number of benzene rings is 1. The maximum absolute atomic E-state index is 11.9. The van der Waals surface area contributed by atoms with Crippen LogP contribution < -0.4 is 9.47 Å². The summed E-state index contributed by atoms with van der Waals surface area (Å²) in [6.45, 7) is 6.76. The third-order valence-electron chi connectivity index (χ3n) is 3.35. The largest absolute Gasteiger partial charge is 0.486 e.